The molecular formula is C12H25NO2S. The zero-order valence-corrected chi connectivity index (χ0v) is 11.7. The SMILES string of the molecule is CCC(N[S+]([O-])C(C)(C)C)C1CCOCC1. The average molecular weight is 247 g/mol. The molecule has 1 N–H and O–H groups in total. The van der Waals surface area contributed by atoms with Gasteiger partial charge in [-0.1, -0.05) is 6.92 Å². The highest BCUT2D eigenvalue weighted by Gasteiger charge is 2.32. The molecule has 2 unspecified atom stereocenters. The van der Waals surface area contributed by atoms with Crippen molar-refractivity contribution in [2.24, 2.45) is 5.92 Å². The molecule has 0 aliphatic carbocycles. The van der Waals surface area contributed by atoms with Crippen molar-refractivity contribution in [3.05, 3.63) is 0 Å². The molecule has 16 heavy (non-hydrogen) atoms. The van der Waals surface area contributed by atoms with Crippen LogP contribution in [0.4, 0.5) is 0 Å². The Morgan fingerprint density at radius 3 is 2.38 bits per heavy atom. The van der Waals surface area contributed by atoms with Crippen LogP contribution in [0.3, 0.4) is 0 Å². The second-order valence-corrected chi connectivity index (χ2v) is 7.46. The lowest BCUT2D eigenvalue weighted by molar-refractivity contribution is 0.0560. The predicted molar refractivity (Wildman–Crippen MR) is 68.7 cm³/mol. The van der Waals surface area contributed by atoms with E-state index in [9.17, 15) is 4.55 Å². The third kappa shape index (κ3) is 4.24. The lowest BCUT2D eigenvalue weighted by atomic mass is 9.91. The summed E-state index contributed by atoms with van der Waals surface area (Å²) in [5.41, 5.74) is 0. The third-order valence-electron chi connectivity index (χ3n) is 3.09. The summed E-state index contributed by atoms with van der Waals surface area (Å²) in [5.74, 6) is 0.616. The Kier molecular flexibility index (Phi) is 5.57. The van der Waals surface area contributed by atoms with Crippen LogP contribution >= 0.6 is 0 Å². The maximum atomic E-state index is 12.0. The lowest BCUT2D eigenvalue weighted by Gasteiger charge is -2.33. The maximum Gasteiger partial charge on any atom is 0.136 e. The van der Waals surface area contributed by atoms with E-state index in [1.807, 2.05) is 20.8 Å². The Bertz CT molecular complexity index is 200. The van der Waals surface area contributed by atoms with Gasteiger partial charge in [0.15, 0.2) is 0 Å². The van der Waals surface area contributed by atoms with Crippen LogP contribution in [0, 0.1) is 5.92 Å². The maximum absolute atomic E-state index is 12.0. The highest BCUT2D eigenvalue weighted by molar-refractivity contribution is 7.90. The van der Waals surface area contributed by atoms with E-state index in [2.05, 4.69) is 11.6 Å². The molecule has 0 saturated carbocycles. The molecule has 1 aliphatic rings. The number of ether oxygens (including phenoxy) is 1. The van der Waals surface area contributed by atoms with Gasteiger partial charge >= 0.3 is 0 Å². The Morgan fingerprint density at radius 2 is 1.94 bits per heavy atom. The zero-order chi connectivity index (χ0) is 12.2. The Labute approximate surface area is 103 Å². The van der Waals surface area contributed by atoms with Gasteiger partial charge in [-0.15, -0.1) is 4.72 Å². The Balaban J connectivity index is 2.47. The molecule has 2 atom stereocenters. The molecule has 0 aromatic heterocycles. The van der Waals surface area contributed by atoms with E-state index in [1.165, 1.54) is 0 Å². The molecule has 96 valence electrons. The van der Waals surface area contributed by atoms with Gasteiger partial charge in [0, 0.05) is 24.6 Å². The summed E-state index contributed by atoms with van der Waals surface area (Å²) in [7, 11) is 0. The molecule has 1 aliphatic heterocycles. The van der Waals surface area contributed by atoms with E-state index in [0.717, 1.165) is 32.5 Å². The standard InChI is InChI=1S/C12H25NO2S/c1-5-11(10-6-8-15-9-7-10)13-16(14)12(2,3)4/h10-11,13H,5-9H2,1-4H3. The van der Waals surface area contributed by atoms with Gasteiger partial charge in [-0.05, 0) is 46.0 Å². The van der Waals surface area contributed by atoms with E-state index in [4.69, 9.17) is 4.74 Å². The van der Waals surface area contributed by atoms with Crippen LogP contribution in [-0.2, 0) is 16.1 Å². The molecule has 3 nitrogen and oxygen atoms in total. The van der Waals surface area contributed by atoms with E-state index in [-0.39, 0.29) is 4.75 Å². The van der Waals surface area contributed by atoms with Crippen molar-refractivity contribution in [2.45, 2.75) is 57.7 Å². The summed E-state index contributed by atoms with van der Waals surface area (Å²) in [5, 5.41) is 0. The van der Waals surface area contributed by atoms with Crippen LogP contribution in [0.15, 0.2) is 0 Å². The van der Waals surface area contributed by atoms with Gasteiger partial charge in [0.2, 0.25) is 0 Å². The van der Waals surface area contributed by atoms with Crippen LogP contribution in [-0.4, -0.2) is 28.6 Å². The first-order chi connectivity index (χ1) is 7.45. The number of hydrogen-bond donors (Lipinski definition) is 1. The summed E-state index contributed by atoms with van der Waals surface area (Å²) in [6.07, 6.45) is 3.21. The average Bonchev–Trinajstić information content (AvgIpc) is 2.25. The largest absolute Gasteiger partial charge is 0.598 e. The minimum atomic E-state index is -0.960. The van der Waals surface area contributed by atoms with Gasteiger partial charge in [0.1, 0.15) is 4.75 Å². The summed E-state index contributed by atoms with van der Waals surface area (Å²) in [6, 6.07) is 0.365. The van der Waals surface area contributed by atoms with Gasteiger partial charge in [0.25, 0.3) is 0 Å². The van der Waals surface area contributed by atoms with Gasteiger partial charge in [-0.2, -0.15) is 0 Å². The predicted octanol–water partition coefficient (Wildman–Crippen LogP) is 2.24. The first-order valence-corrected chi connectivity index (χ1v) is 7.36. The highest BCUT2D eigenvalue weighted by atomic mass is 32.2. The molecule has 0 spiro atoms. The normalized spacial score (nSPS) is 23.1. The summed E-state index contributed by atoms with van der Waals surface area (Å²) in [4.78, 5) is 0. The first kappa shape index (κ1) is 14.3. The first-order valence-electron chi connectivity index (χ1n) is 6.21. The monoisotopic (exact) mass is 247 g/mol. The van der Waals surface area contributed by atoms with Crippen LogP contribution in [0.1, 0.15) is 47.0 Å². The van der Waals surface area contributed by atoms with Crippen LogP contribution in [0.25, 0.3) is 0 Å². The zero-order valence-electron chi connectivity index (χ0n) is 10.9. The van der Waals surface area contributed by atoms with E-state index in [0.29, 0.717) is 12.0 Å². The molecule has 0 bridgehead atoms. The van der Waals surface area contributed by atoms with Crippen molar-refractivity contribution in [3.8, 4) is 0 Å². The van der Waals surface area contributed by atoms with Crippen molar-refractivity contribution in [2.75, 3.05) is 13.2 Å². The number of nitrogens with one attached hydrogen (secondary N) is 1. The fourth-order valence-electron chi connectivity index (χ4n) is 1.95. The molecule has 0 aromatic carbocycles. The van der Waals surface area contributed by atoms with Crippen LogP contribution in [0.5, 0.6) is 0 Å². The molecule has 0 amide bonds. The van der Waals surface area contributed by atoms with Gasteiger partial charge in [-0.3, -0.25) is 0 Å². The van der Waals surface area contributed by atoms with E-state index in [1.54, 1.807) is 0 Å². The lowest BCUT2D eigenvalue weighted by Crippen LogP contribution is -2.48. The minimum Gasteiger partial charge on any atom is -0.598 e. The summed E-state index contributed by atoms with van der Waals surface area (Å²) in [6.45, 7) is 9.88. The summed E-state index contributed by atoms with van der Waals surface area (Å²) >= 11 is -0.960. The fraction of sp³-hybridized carbons (Fsp3) is 1.00. The van der Waals surface area contributed by atoms with Gasteiger partial charge in [0.05, 0.1) is 6.04 Å². The van der Waals surface area contributed by atoms with Crippen molar-refractivity contribution in [1.82, 2.24) is 4.72 Å². The smallest absolute Gasteiger partial charge is 0.136 e. The minimum absolute atomic E-state index is 0.182. The molecule has 1 rings (SSSR count). The van der Waals surface area contributed by atoms with Crippen LogP contribution in [0.2, 0.25) is 0 Å². The number of hydrogen-bond acceptors (Lipinski definition) is 3. The number of rotatable bonds is 4. The molecule has 4 heteroatoms. The van der Waals surface area contributed by atoms with E-state index >= 15 is 0 Å². The second-order valence-electron chi connectivity index (χ2n) is 5.46. The molecular weight excluding hydrogens is 222 g/mol. The molecule has 0 radical (unpaired) electrons. The van der Waals surface area contributed by atoms with Crippen LogP contribution < -0.4 is 4.72 Å². The van der Waals surface area contributed by atoms with Crippen molar-refractivity contribution < 1.29 is 9.29 Å². The second kappa shape index (κ2) is 6.24. The quantitative estimate of drug-likeness (QED) is 0.775. The van der Waals surface area contributed by atoms with E-state index < -0.39 is 11.4 Å². The van der Waals surface area contributed by atoms with Crippen molar-refractivity contribution in [3.63, 3.8) is 0 Å². The van der Waals surface area contributed by atoms with Crippen molar-refractivity contribution in [1.29, 1.82) is 0 Å². The molecule has 0 aromatic rings. The molecule has 1 fully saturated rings. The van der Waals surface area contributed by atoms with Gasteiger partial charge in [-0.25, -0.2) is 0 Å². The third-order valence-corrected chi connectivity index (χ3v) is 4.72. The Hall–Kier alpha value is 0.230. The molecule has 1 saturated heterocycles. The highest BCUT2D eigenvalue weighted by Crippen LogP contribution is 2.23. The topological polar surface area (TPSA) is 44.3 Å². The Morgan fingerprint density at radius 1 is 1.38 bits per heavy atom. The molecule has 1 heterocycles. The van der Waals surface area contributed by atoms with Gasteiger partial charge < -0.3 is 9.29 Å². The summed E-state index contributed by atoms with van der Waals surface area (Å²) < 4.78 is 20.5. The van der Waals surface area contributed by atoms with Crippen molar-refractivity contribution >= 4 is 11.4 Å². The fourth-order valence-corrected chi connectivity index (χ4v) is 2.93.